The number of hydrogen-bond donors (Lipinski definition) is 1. The van der Waals surface area contributed by atoms with Gasteiger partial charge >= 0.3 is 0 Å². The second-order valence-electron chi connectivity index (χ2n) is 4.06. The van der Waals surface area contributed by atoms with Crippen molar-refractivity contribution in [1.29, 1.82) is 0 Å². The molecule has 1 aromatic rings. The van der Waals surface area contributed by atoms with Crippen molar-refractivity contribution in [3.63, 3.8) is 0 Å². The van der Waals surface area contributed by atoms with Gasteiger partial charge in [0.25, 0.3) is 0 Å². The third-order valence-electron chi connectivity index (χ3n) is 1.83. The second kappa shape index (κ2) is 6.12. The van der Waals surface area contributed by atoms with Gasteiger partial charge in [-0.25, -0.2) is 8.42 Å². The fraction of sp³-hybridized carbons (Fsp3) is 0.455. The van der Waals surface area contributed by atoms with E-state index in [1.165, 1.54) is 0 Å². The Morgan fingerprint density at radius 1 is 1.41 bits per heavy atom. The molecule has 1 N–H and O–H groups in total. The molecule has 0 fully saturated rings. The molecule has 0 saturated heterocycles. The third-order valence-corrected chi connectivity index (χ3v) is 3.53. The molecule has 0 spiro atoms. The molecule has 1 aromatic carbocycles. The lowest BCUT2D eigenvalue weighted by Crippen LogP contribution is -2.13. The summed E-state index contributed by atoms with van der Waals surface area (Å²) in [6.07, 6.45) is 0. The predicted octanol–water partition coefficient (Wildman–Crippen LogP) is 2.66. The van der Waals surface area contributed by atoms with E-state index in [1.54, 1.807) is 24.3 Å². The summed E-state index contributed by atoms with van der Waals surface area (Å²) < 4.78 is 30.4. The van der Waals surface area contributed by atoms with Crippen molar-refractivity contribution in [2.45, 2.75) is 13.8 Å². The number of rotatable bonds is 6. The van der Waals surface area contributed by atoms with Crippen molar-refractivity contribution >= 4 is 27.3 Å². The molecule has 0 heterocycles. The predicted molar refractivity (Wildman–Crippen MR) is 70.0 cm³/mol. The molecule has 96 valence electrons. The summed E-state index contributed by atoms with van der Waals surface area (Å²) >= 11 is 5.30. The molecule has 0 saturated carbocycles. The van der Waals surface area contributed by atoms with Crippen molar-refractivity contribution in [2.75, 3.05) is 16.5 Å². The highest BCUT2D eigenvalue weighted by molar-refractivity contribution is 7.93. The molecule has 0 atom stereocenters. The molecular formula is C11H16ClNO3S. The average molecular weight is 278 g/mol. The van der Waals surface area contributed by atoms with Gasteiger partial charge in [0.05, 0.1) is 12.3 Å². The Kier molecular flexibility index (Phi) is 5.08. The average Bonchev–Trinajstić information content (AvgIpc) is 2.26. The zero-order valence-corrected chi connectivity index (χ0v) is 11.4. The van der Waals surface area contributed by atoms with E-state index < -0.39 is 15.2 Å². The van der Waals surface area contributed by atoms with Gasteiger partial charge in [-0.1, -0.05) is 19.9 Å². The second-order valence-corrected chi connectivity index (χ2v) is 6.37. The van der Waals surface area contributed by atoms with Crippen molar-refractivity contribution in [2.24, 2.45) is 5.92 Å². The Bertz CT molecular complexity index is 460. The highest BCUT2D eigenvalue weighted by Crippen LogP contribution is 2.19. The fourth-order valence-corrected chi connectivity index (χ4v) is 1.82. The van der Waals surface area contributed by atoms with Crippen LogP contribution in [0.25, 0.3) is 0 Å². The van der Waals surface area contributed by atoms with E-state index in [-0.39, 0.29) is 0 Å². The van der Waals surface area contributed by atoms with Crippen LogP contribution in [0.15, 0.2) is 24.3 Å². The molecule has 0 aliphatic carbocycles. The molecule has 4 nitrogen and oxygen atoms in total. The number of hydrogen-bond acceptors (Lipinski definition) is 3. The number of alkyl halides is 1. The normalized spacial score (nSPS) is 11.5. The lowest BCUT2D eigenvalue weighted by atomic mass is 10.2. The van der Waals surface area contributed by atoms with Crippen LogP contribution in [0.5, 0.6) is 5.75 Å². The minimum absolute atomic E-state index is 0.415. The van der Waals surface area contributed by atoms with Crippen LogP contribution in [0.2, 0.25) is 0 Å². The van der Waals surface area contributed by atoms with E-state index in [2.05, 4.69) is 4.72 Å². The molecule has 1 rings (SSSR count). The highest BCUT2D eigenvalue weighted by Gasteiger charge is 2.08. The van der Waals surface area contributed by atoms with Crippen LogP contribution in [0.1, 0.15) is 13.8 Å². The highest BCUT2D eigenvalue weighted by atomic mass is 35.5. The first kappa shape index (κ1) is 14.1. The maximum absolute atomic E-state index is 11.3. The van der Waals surface area contributed by atoms with Crippen molar-refractivity contribution in [3.05, 3.63) is 24.3 Å². The number of ether oxygens (including phenoxy) is 1. The van der Waals surface area contributed by atoms with E-state index in [4.69, 9.17) is 16.3 Å². The van der Waals surface area contributed by atoms with Gasteiger partial charge in [0.15, 0.2) is 0 Å². The number of nitrogens with one attached hydrogen (secondary N) is 1. The monoisotopic (exact) mass is 277 g/mol. The lowest BCUT2D eigenvalue weighted by Gasteiger charge is -2.10. The SMILES string of the molecule is CC(C)COc1cccc(NS(=O)(=O)CCl)c1. The zero-order valence-electron chi connectivity index (χ0n) is 9.81. The Labute approximate surface area is 107 Å². The zero-order chi connectivity index (χ0) is 12.9. The molecule has 0 aromatic heterocycles. The first-order valence-electron chi connectivity index (χ1n) is 5.22. The van der Waals surface area contributed by atoms with Crippen LogP contribution < -0.4 is 9.46 Å². The number of benzene rings is 1. The maximum Gasteiger partial charge on any atom is 0.246 e. The largest absolute Gasteiger partial charge is 0.493 e. The third kappa shape index (κ3) is 5.28. The molecule has 0 bridgehead atoms. The Hall–Kier alpha value is -0.940. The van der Waals surface area contributed by atoms with E-state index >= 15 is 0 Å². The van der Waals surface area contributed by atoms with Crippen LogP contribution in [-0.2, 0) is 10.0 Å². The van der Waals surface area contributed by atoms with Crippen LogP contribution >= 0.6 is 11.6 Å². The maximum atomic E-state index is 11.3. The number of sulfonamides is 1. The molecule has 17 heavy (non-hydrogen) atoms. The van der Waals surface area contributed by atoms with Gasteiger partial charge in [0.1, 0.15) is 11.0 Å². The molecule has 0 aliphatic heterocycles. The van der Waals surface area contributed by atoms with Gasteiger partial charge in [0, 0.05) is 6.07 Å². The summed E-state index contributed by atoms with van der Waals surface area (Å²) in [5, 5.41) is -0.468. The quantitative estimate of drug-likeness (QED) is 0.814. The lowest BCUT2D eigenvalue weighted by molar-refractivity contribution is 0.271. The van der Waals surface area contributed by atoms with E-state index in [9.17, 15) is 8.42 Å². The Balaban J connectivity index is 2.72. The van der Waals surface area contributed by atoms with Crippen LogP contribution in [-0.4, -0.2) is 20.2 Å². The Morgan fingerprint density at radius 2 is 2.12 bits per heavy atom. The summed E-state index contributed by atoms with van der Waals surface area (Å²) in [6.45, 7) is 4.67. The Morgan fingerprint density at radius 3 is 2.71 bits per heavy atom. The number of anilines is 1. The smallest absolute Gasteiger partial charge is 0.246 e. The minimum Gasteiger partial charge on any atom is -0.493 e. The first-order chi connectivity index (χ1) is 7.93. The summed E-state index contributed by atoms with van der Waals surface area (Å²) in [4.78, 5) is 0. The first-order valence-corrected chi connectivity index (χ1v) is 7.41. The standard InChI is InChI=1S/C11H16ClNO3S/c1-9(2)7-16-11-5-3-4-10(6-11)13-17(14,15)8-12/h3-6,9,13H,7-8H2,1-2H3. The molecule has 0 radical (unpaired) electrons. The van der Waals surface area contributed by atoms with E-state index in [0.717, 1.165) is 0 Å². The van der Waals surface area contributed by atoms with Gasteiger partial charge in [-0.3, -0.25) is 4.72 Å². The van der Waals surface area contributed by atoms with Crippen molar-refractivity contribution in [1.82, 2.24) is 0 Å². The van der Waals surface area contributed by atoms with Crippen molar-refractivity contribution < 1.29 is 13.2 Å². The van der Waals surface area contributed by atoms with Gasteiger partial charge in [-0.05, 0) is 18.1 Å². The van der Waals surface area contributed by atoms with E-state index in [0.29, 0.717) is 24.0 Å². The minimum atomic E-state index is -3.46. The number of halogens is 1. The molecule has 0 unspecified atom stereocenters. The summed E-state index contributed by atoms with van der Waals surface area (Å²) in [5.41, 5.74) is 0.451. The molecule has 0 aliphatic rings. The molecule has 6 heteroatoms. The van der Waals surface area contributed by atoms with Crippen LogP contribution in [0, 0.1) is 5.92 Å². The molecule has 0 amide bonds. The van der Waals surface area contributed by atoms with Crippen LogP contribution in [0.4, 0.5) is 5.69 Å². The summed E-state index contributed by atoms with van der Waals surface area (Å²) in [6, 6.07) is 6.78. The van der Waals surface area contributed by atoms with Crippen molar-refractivity contribution in [3.8, 4) is 5.75 Å². The summed E-state index contributed by atoms with van der Waals surface area (Å²) in [5.74, 6) is 1.05. The fourth-order valence-electron chi connectivity index (χ4n) is 1.12. The summed E-state index contributed by atoms with van der Waals surface area (Å²) in [7, 11) is -3.46. The molecular weight excluding hydrogens is 262 g/mol. The topological polar surface area (TPSA) is 55.4 Å². The van der Waals surface area contributed by atoms with Gasteiger partial charge in [-0.2, -0.15) is 0 Å². The van der Waals surface area contributed by atoms with Gasteiger partial charge in [0.2, 0.25) is 10.0 Å². The van der Waals surface area contributed by atoms with Gasteiger partial charge < -0.3 is 4.74 Å². The van der Waals surface area contributed by atoms with E-state index in [1.807, 2.05) is 13.8 Å². The van der Waals surface area contributed by atoms with Gasteiger partial charge in [-0.15, -0.1) is 11.6 Å². The van der Waals surface area contributed by atoms with Crippen LogP contribution in [0.3, 0.4) is 0 Å².